The number of rotatable bonds is 3. The fraction of sp³-hybridized carbons (Fsp3) is 0.462. The highest BCUT2D eigenvalue weighted by atomic mass is 16.2. The van der Waals surface area contributed by atoms with Gasteiger partial charge in [0.25, 0.3) is 0 Å². The molecule has 0 unspecified atom stereocenters. The van der Waals surface area contributed by atoms with Gasteiger partial charge in [-0.25, -0.2) is 0 Å². The standard InChI is InChI=1S/C13H17N3O/c14-7-9-1-2-11-10(5-9)6-12(17)16(11)8-13(15)3-4-13/h1-2,5H,3-4,6-8,14-15H2. The summed E-state index contributed by atoms with van der Waals surface area (Å²) in [5.41, 5.74) is 14.7. The van der Waals surface area contributed by atoms with Crippen LogP contribution >= 0.6 is 0 Å². The minimum atomic E-state index is -0.135. The average Bonchev–Trinajstić information content (AvgIpc) is 2.96. The molecular formula is C13H17N3O. The molecule has 0 saturated heterocycles. The molecule has 2 aliphatic rings. The average molecular weight is 231 g/mol. The minimum absolute atomic E-state index is 0.135. The van der Waals surface area contributed by atoms with Crippen LogP contribution in [0.3, 0.4) is 0 Å². The van der Waals surface area contributed by atoms with Crippen LogP contribution in [0.15, 0.2) is 18.2 Å². The molecule has 4 nitrogen and oxygen atoms in total. The molecule has 90 valence electrons. The Morgan fingerprint density at radius 3 is 2.76 bits per heavy atom. The van der Waals surface area contributed by atoms with Gasteiger partial charge in [-0.15, -0.1) is 0 Å². The summed E-state index contributed by atoms with van der Waals surface area (Å²) in [5.74, 6) is 0.158. The van der Waals surface area contributed by atoms with Gasteiger partial charge in [-0.2, -0.15) is 0 Å². The van der Waals surface area contributed by atoms with Crippen LogP contribution in [0.1, 0.15) is 24.0 Å². The van der Waals surface area contributed by atoms with Crippen molar-refractivity contribution in [1.29, 1.82) is 0 Å². The number of nitrogens with zero attached hydrogens (tertiary/aromatic N) is 1. The number of amides is 1. The Kier molecular flexibility index (Phi) is 2.24. The highest BCUT2D eigenvalue weighted by Crippen LogP contribution is 2.37. The van der Waals surface area contributed by atoms with Crippen molar-refractivity contribution >= 4 is 11.6 Å². The van der Waals surface area contributed by atoms with Crippen LogP contribution in [0.2, 0.25) is 0 Å². The Bertz CT molecular complexity index is 480. The second kappa shape index (κ2) is 3.55. The lowest BCUT2D eigenvalue weighted by molar-refractivity contribution is -0.117. The van der Waals surface area contributed by atoms with E-state index in [9.17, 15) is 4.79 Å². The molecule has 1 heterocycles. The Hall–Kier alpha value is -1.39. The van der Waals surface area contributed by atoms with Gasteiger partial charge in [0.05, 0.1) is 6.42 Å². The zero-order valence-electron chi connectivity index (χ0n) is 9.78. The molecule has 0 atom stereocenters. The Labute approximate surface area is 101 Å². The molecule has 1 fully saturated rings. The van der Waals surface area contributed by atoms with Crippen LogP contribution in [0, 0.1) is 0 Å². The number of hydrogen-bond acceptors (Lipinski definition) is 3. The minimum Gasteiger partial charge on any atom is -0.326 e. The van der Waals surface area contributed by atoms with Gasteiger partial charge in [-0.1, -0.05) is 12.1 Å². The maximum absolute atomic E-state index is 12.0. The zero-order valence-corrected chi connectivity index (χ0v) is 9.78. The van der Waals surface area contributed by atoms with Crippen molar-refractivity contribution in [2.75, 3.05) is 11.4 Å². The van der Waals surface area contributed by atoms with Gasteiger partial charge in [0.15, 0.2) is 0 Å². The number of nitrogens with two attached hydrogens (primary N) is 2. The summed E-state index contributed by atoms with van der Waals surface area (Å²) in [7, 11) is 0. The normalized spacial score (nSPS) is 20.6. The molecule has 1 aliphatic carbocycles. The quantitative estimate of drug-likeness (QED) is 0.797. The Morgan fingerprint density at radius 2 is 2.12 bits per heavy atom. The highest BCUT2D eigenvalue weighted by molar-refractivity contribution is 6.01. The van der Waals surface area contributed by atoms with Crippen LogP contribution in [0.4, 0.5) is 5.69 Å². The number of carbonyl (C=O) groups is 1. The van der Waals surface area contributed by atoms with E-state index in [0.717, 1.165) is 29.7 Å². The number of hydrogen-bond donors (Lipinski definition) is 2. The van der Waals surface area contributed by atoms with E-state index in [1.54, 1.807) is 0 Å². The molecule has 17 heavy (non-hydrogen) atoms. The molecule has 0 spiro atoms. The topological polar surface area (TPSA) is 72.4 Å². The van der Waals surface area contributed by atoms with E-state index in [-0.39, 0.29) is 11.4 Å². The zero-order chi connectivity index (χ0) is 12.0. The van der Waals surface area contributed by atoms with Crippen LogP contribution in [-0.4, -0.2) is 18.0 Å². The number of anilines is 1. The molecule has 1 aliphatic heterocycles. The van der Waals surface area contributed by atoms with Gasteiger partial charge in [-0.3, -0.25) is 4.79 Å². The third-order valence-electron chi connectivity index (χ3n) is 3.68. The molecule has 0 aromatic heterocycles. The molecule has 3 rings (SSSR count). The first kappa shape index (κ1) is 10.7. The number of fused-ring (bicyclic) bond motifs is 1. The Morgan fingerprint density at radius 1 is 1.35 bits per heavy atom. The van der Waals surface area contributed by atoms with E-state index in [1.807, 2.05) is 23.1 Å². The SMILES string of the molecule is NCc1ccc2c(c1)CC(=O)N2CC1(N)CC1. The van der Waals surface area contributed by atoms with Crippen molar-refractivity contribution in [2.24, 2.45) is 11.5 Å². The van der Waals surface area contributed by atoms with Crippen molar-refractivity contribution < 1.29 is 4.79 Å². The van der Waals surface area contributed by atoms with E-state index >= 15 is 0 Å². The van der Waals surface area contributed by atoms with E-state index < -0.39 is 0 Å². The summed E-state index contributed by atoms with van der Waals surface area (Å²) in [6.07, 6.45) is 2.53. The van der Waals surface area contributed by atoms with E-state index in [1.165, 1.54) is 0 Å². The van der Waals surface area contributed by atoms with Crippen molar-refractivity contribution in [3.8, 4) is 0 Å². The van der Waals surface area contributed by atoms with E-state index in [4.69, 9.17) is 11.5 Å². The molecule has 0 bridgehead atoms. The third kappa shape index (κ3) is 1.83. The van der Waals surface area contributed by atoms with Gasteiger partial charge >= 0.3 is 0 Å². The molecular weight excluding hydrogens is 214 g/mol. The summed E-state index contributed by atoms with van der Waals surface area (Å²) < 4.78 is 0. The largest absolute Gasteiger partial charge is 0.326 e. The first-order valence-electron chi connectivity index (χ1n) is 6.02. The van der Waals surface area contributed by atoms with Gasteiger partial charge in [0.2, 0.25) is 5.91 Å². The fourth-order valence-electron chi connectivity index (χ4n) is 2.37. The monoisotopic (exact) mass is 231 g/mol. The second-order valence-electron chi connectivity index (χ2n) is 5.19. The lowest BCUT2D eigenvalue weighted by Crippen LogP contribution is -2.41. The smallest absolute Gasteiger partial charge is 0.231 e. The molecule has 0 radical (unpaired) electrons. The van der Waals surface area contributed by atoms with Crippen molar-refractivity contribution in [3.63, 3.8) is 0 Å². The molecule has 1 aromatic carbocycles. The summed E-state index contributed by atoms with van der Waals surface area (Å²) in [6, 6.07) is 6.01. The molecule has 4 heteroatoms. The summed E-state index contributed by atoms with van der Waals surface area (Å²) in [4.78, 5) is 13.8. The van der Waals surface area contributed by atoms with Gasteiger partial charge in [0, 0.05) is 24.3 Å². The Balaban J connectivity index is 1.90. The predicted molar refractivity (Wildman–Crippen MR) is 66.5 cm³/mol. The summed E-state index contributed by atoms with van der Waals surface area (Å²) in [6.45, 7) is 1.17. The summed E-state index contributed by atoms with van der Waals surface area (Å²) >= 11 is 0. The molecule has 1 saturated carbocycles. The fourth-order valence-corrected chi connectivity index (χ4v) is 2.37. The van der Waals surface area contributed by atoms with Gasteiger partial charge in [-0.05, 0) is 30.0 Å². The van der Waals surface area contributed by atoms with Crippen LogP contribution in [0.25, 0.3) is 0 Å². The lowest BCUT2D eigenvalue weighted by atomic mass is 10.1. The van der Waals surface area contributed by atoms with Crippen LogP contribution < -0.4 is 16.4 Å². The third-order valence-corrected chi connectivity index (χ3v) is 3.68. The number of carbonyl (C=O) groups excluding carboxylic acids is 1. The lowest BCUT2D eigenvalue weighted by Gasteiger charge is -2.21. The van der Waals surface area contributed by atoms with Crippen molar-refractivity contribution in [3.05, 3.63) is 29.3 Å². The maximum atomic E-state index is 12.0. The van der Waals surface area contributed by atoms with Crippen LogP contribution in [0.5, 0.6) is 0 Å². The molecule has 1 aromatic rings. The highest BCUT2D eigenvalue weighted by Gasteiger charge is 2.42. The number of benzene rings is 1. The second-order valence-corrected chi connectivity index (χ2v) is 5.19. The summed E-state index contributed by atoms with van der Waals surface area (Å²) in [5, 5.41) is 0. The van der Waals surface area contributed by atoms with Gasteiger partial charge in [0.1, 0.15) is 0 Å². The van der Waals surface area contributed by atoms with Crippen LogP contribution in [-0.2, 0) is 17.8 Å². The maximum Gasteiger partial charge on any atom is 0.231 e. The van der Waals surface area contributed by atoms with Gasteiger partial charge < -0.3 is 16.4 Å². The molecule has 1 amide bonds. The first-order valence-corrected chi connectivity index (χ1v) is 6.02. The van der Waals surface area contributed by atoms with Crippen molar-refractivity contribution in [1.82, 2.24) is 0 Å². The predicted octanol–water partition coefficient (Wildman–Crippen LogP) is 0.526. The van der Waals surface area contributed by atoms with Crippen molar-refractivity contribution in [2.45, 2.75) is 31.3 Å². The molecule has 4 N–H and O–H groups in total. The van der Waals surface area contributed by atoms with E-state index in [2.05, 4.69) is 0 Å². The van der Waals surface area contributed by atoms with E-state index in [0.29, 0.717) is 19.5 Å². The first-order chi connectivity index (χ1) is 8.11.